The Bertz CT molecular complexity index is 4990. The largest absolute Gasteiger partial charge is 0.657 e. The van der Waals surface area contributed by atoms with Crippen molar-refractivity contribution in [1.29, 1.82) is 0 Å². The quantitative estimate of drug-likeness (QED) is 0.0166. The average molecular weight is 1550 g/mol. The number of fused-ring (bicyclic) bond motifs is 8. The number of H-pyrrole nitrogens is 1. The summed E-state index contributed by atoms with van der Waals surface area (Å²) in [7, 11) is 0. The highest BCUT2D eigenvalue weighted by atomic mass is 16.5. The lowest BCUT2D eigenvalue weighted by Crippen LogP contribution is -2.32. The molecule has 0 atom stereocenters. The molecular weight excluding hydrogens is 1440 g/mol. The van der Waals surface area contributed by atoms with Gasteiger partial charge in [-0.3, -0.25) is 0 Å². The molecule has 8 bridgehead atoms. The molecule has 0 radical (unpaired) electrons. The molecule has 1 N–H and O–H groups in total. The highest BCUT2D eigenvalue weighted by Crippen LogP contribution is 2.39. The summed E-state index contributed by atoms with van der Waals surface area (Å²) in [6.45, 7) is 5.39. The van der Waals surface area contributed by atoms with Gasteiger partial charge in [0.25, 0.3) is 0 Å². The summed E-state index contributed by atoms with van der Waals surface area (Å²) in [6.07, 6.45) is 50.0. The van der Waals surface area contributed by atoms with Crippen LogP contribution in [0.5, 0.6) is 0 Å². The number of ether oxygens (including phenoxy) is 4. The smallest absolute Gasteiger partial charge is 0.338 e. The third-order valence-electron chi connectivity index (χ3n) is 21.6. The zero-order chi connectivity index (χ0) is 79.6. The van der Waals surface area contributed by atoms with E-state index in [-0.39, 0.29) is 23.9 Å². The minimum absolute atomic E-state index is 0.339. The Morgan fingerprint density at radius 1 is 0.259 bits per heavy atom. The lowest BCUT2D eigenvalue weighted by molar-refractivity contribution is -0.697. The Kier molecular flexibility index (Phi) is 31.1. The van der Waals surface area contributed by atoms with Crippen molar-refractivity contribution in [2.24, 2.45) is 0 Å². The molecule has 4 aromatic carbocycles. The van der Waals surface area contributed by atoms with Crippen LogP contribution in [0.25, 0.3) is 90.9 Å². The molecule has 0 spiro atoms. The summed E-state index contributed by atoms with van der Waals surface area (Å²) in [5, 5.41) is 0. The van der Waals surface area contributed by atoms with E-state index in [9.17, 15) is 19.2 Å². The van der Waals surface area contributed by atoms with Crippen molar-refractivity contribution < 1.29 is 56.4 Å². The van der Waals surface area contributed by atoms with Crippen LogP contribution >= 0.6 is 0 Å². The van der Waals surface area contributed by atoms with Crippen LogP contribution < -0.4 is 23.3 Å². The van der Waals surface area contributed by atoms with Gasteiger partial charge in [-0.1, -0.05) is 162 Å². The molecule has 7 aromatic heterocycles. The second-order valence-corrected chi connectivity index (χ2v) is 30.2. The van der Waals surface area contributed by atoms with Gasteiger partial charge in [-0.2, -0.15) is 0 Å². The van der Waals surface area contributed by atoms with Gasteiger partial charge >= 0.3 is 23.9 Å². The summed E-state index contributed by atoms with van der Waals surface area (Å²) in [6, 6.07) is 62.7. The lowest BCUT2D eigenvalue weighted by Gasteiger charge is -2.13. The first kappa shape index (κ1) is 82.0. The van der Waals surface area contributed by atoms with Gasteiger partial charge in [0.05, 0.1) is 71.5 Å². The highest BCUT2D eigenvalue weighted by Gasteiger charge is 2.22. The number of benzene rings is 4. The Hall–Kier alpha value is -12.0. The van der Waals surface area contributed by atoms with E-state index in [0.717, 1.165) is 236 Å². The fraction of sp³-hybridized carbons (Fsp3) is 0.320. The van der Waals surface area contributed by atoms with Crippen LogP contribution in [0.4, 0.5) is 0 Å². The monoisotopic (exact) mass is 1550 g/mol. The second kappa shape index (κ2) is 44.0. The van der Waals surface area contributed by atoms with E-state index in [1.165, 1.54) is 0 Å². The molecule has 0 saturated carbocycles. The molecule has 116 heavy (non-hydrogen) atoms. The number of aryl methyl sites for hydroxylation is 4. The standard InChI is InChI=1S/C100H108N8O8/c109-97(113-73-33-13-5-1-9-21-61-105-65-25-17-26-66-105)81-45-37-77(38-46-81)93-85-53-55-87(101-85)94(78-39-47-82(48-40-78)98(110)114-74-34-14-6-2-10-22-62-106-67-27-18-28-68-106)89-57-59-91(103-89)96(80-43-51-84(52-44-80)100(112)116-76-36-16-8-4-12-24-64-108-71-31-20-32-72-108)92-60-58-90(104-92)95(88-56-54-86(93)102-88)79-41-49-83(50-42-79)99(111)115-75-35-15-7-3-11-23-63-107-69-29-19-30-70-107/h17-20,25-32,37-60,65-72H,1-16,21-24,33-36,61-64,73-76H2/q+2/p+1. The Balaban J connectivity index is 0.793. The van der Waals surface area contributed by atoms with Crippen LogP contribution in [0.15, 0.2) is 244 Å². The summed E-state index contributed by atoms with van der Waals surface area (Å²) < 4.78 is 32.4. The maximum absolute atomic E-state index is 13.8. The van der Waals surface area contributed by atoms with E-state index in [4.69, 9.17) is 33.9 Å². The number of nitrogens with zero attached hydrogens (tertiary/aromatic N) is 7. The molecule has 11 aromatic rings. The topological polar surface area (TPSA) is 176 Å². The first-order valence-electron chi connectivity index (χ1n) is 42.2. The van der Waals surface area contributed by atoms with Crippen molar-refractivity contribution >= 4 is 70.2 Å². The lowest BCUT2D eigenvalue weighted by atomic mass is 10.0. The number of carbonyl (C=O) groups is 4. The molecule has 2 aliphatic heterocycles. The van der Waals surface area contributed by atoms with E-state index in [1.54, 1.807) is 24.3 Å². The van der Waals surface area contributed by atoms with E-state index in [2.05, 4.69) is 121 Å². The molecule has 9 heterocycles. The molecule has 16 nitrogen and oxygen atoms in total. The molecule has 0 unspecified atom stereocenters. The molecule has 2 aliphatic rings. The van der Waals surface area contributed by atoms with E-state index in [0.29, 0.717) is 82.5 Å². The Morgan fingerprint density at radius 2 is 0.500 bits per heavy atom. The van der Waals surface area contributed by atoms with Crippen molar-refractivity contribution in [2.75, 3.05) is 26.4 Å². The van der Waals surface area contributed by atoms with Crippen molar-refractivity contribution in [3.8, 4) is 44.5 Å². The van der Waals surface area contributed by atoms with Gasteiger partial charge in [-0.25, -0.2) is 47.4 Å². The minimum Gasteiger partial charge on any atom is -0.657 e. The van der Waals surface area contributed by atoms with Crippen LogP contribution in [0.3, 0.4) is 0 Å². The average Bonchev–Trinajstić information content (AvgIpc) is 1.61. The highest BCUT2D eigenvalue weighted by molar-refractivity contribution is 6.02. The predicted octanol–water partition coefficient (Wildman–Crippen LogP) is 20.9. The molecule has 0 fully saturated rings. The molecule has 13 rings (SSSR count). The molecular formula is C100H109N8O8+3. The van der Waals surface area contributed by atoms with Gasteiger partial charge in [0.2, 0.25) is 0 Å². The predicted molar refractivity (Wildman–Crippen MR) is 458 cm³/mol. The SMILES string of the molecule is O=C(OCCCCCCCC[n+]1ccccc1)c1ccc(-c2c3nc(c(-c4ccc(C(=O)OCCCCCCCC[n+]5ccccc5)cc4)c4ccc([n-]4)c(-c4ccc(C(=O)OCCCCCCCC[n+]5ccccc5)cc4)c4ccc([nH]4)c(-c4ccc(C(=O)OCCCCCCCC[n+]5ccccc5)cc4)c4nc2C=C4)C=C3)cc1. The number of carbonyl (C=O) groups excluding carboxylic acids is 4. The Labute approximate surface area is 682 Å². The normalized spacial score (nSPS) is 11.6. The number of unbranched alkanes of at least 4 members (excludes halogenated alkanes) is 20. The van der Waals surface area contributed by atoms with Gasteiger partial charge < -0.3 is 28.9 Å². The van der Waals surface area contributed by atoms with Gasteiger partial charge in [-0.15, -0.1) is 11.0 Å². The number of nitrogens with one attached hydrogen (secondary N) is 1. The molecule has 0 aliphatic carbocycles. The molecule has 16 heteroatoms. The Morgan fingerprint density at radius 3 is 0.819 bits per heavy atom. The number of pyridine rings is 4. The molecule has 594 valence electrons. The number of aromatic amines is 1. The van der Waals surface area contributed by atoms with Crippen LogP contribution in [0.1, 0.15) is 218 Å². The first-order chi connectivity index (χ1) is 57.2. The molecule has 0 amide bonds. The van der Waals surface area contributed by atoms with E-state index < -0.39 is 0 Å². The number of esters is 4. The molecule has 0 saturated heterocycles. The number of hydrogen-bond donors (Lipinski definition) is 1. The number of rotatable bonds is 44. The fourth-order valence-corrected chi connectivity index (χ4v) is 15.2. The third-order valence-corrected chi connectivity index (χ3v) is 21.6. The van der Waals surface area contributed by atoms with Gasteiger partial charge in [0, 0.05) is 96.4 Å². The maximum atomic E-state index is 13.8. The number of aromatic nitrogens is 8. The second-order valence-electron chi connectivity index (χ2n) is 30.2. The van der Waals surface area contributed by atoms with Crippen LogP contribution in [0.2, 0.25) is 0 Å². The summed E-state index contributed by atoms with van der Waals surface area (Å²) in [5.74, 6) is -1.52. The number of hydrogen-bond acceptors (Lipinski definition) is 10. The van der Waals surface area contributed by atoms with E-state index >= 15 is 0 Å². The van der Waals surface area contributed by atoms with Gasteiger partial charge in [0.1, 0.15) is 26.2 Å². The van der Waals surface area contributed by atoms with Crippen LogP contribution in [-0.2, 0) is 45.1 Å². The van der Waals surface area contributed by atoms with Gasteiger partial charge in [0.15, 0.2) is 49.6 Å². The van der Waals surface area contributed by atoms with Gasteiger partial charge in [-0.05, 0) is 170 Å². The van der Waals surface area contributed by atoms with Crippen LogP contribution in [-0.4, -0.2) is 65.3 Å². The van der Waals surface area contributed by atoms with Crippen molar-refractivity contribution in [3.63, 3.8) is 0 Å². The summed E-state index contributed by atoms with van der Waals surface area (Å²) in [4.78, 5) is 75.4. The zero-order valence-electron chi connectivity index (χ0n) is 66.9. The van der Waals surface area contributed by atoms with Crippen LogP contribution in [0, 0.1) is 0 Å². The zero-order valence-corrected chi connectivity index (χ0v) is 66.9. The first-order valence-corrected chi connectivity index (χ1v) is 42.2. The minimum atomic E-state index is -0.383. The fourth-order valence-electron chi connectivity index (χ4n) is 15.2. The van der Waals surface area contributed by atoms with Crippen molar-refractivity contribution in [2.45, 2.75) is 180 Å². The third kappa shape index (κ3) is 24.0. The maximum Gasteiger partial charge on any atom is 0.338 e. The van der Waals surface area contributed by atoms with Crippen molar-refractivity contribution in [3.05, 3.63) is 289 Å². The summed E-state index contributed by atoms with van der Waals surface area (Å²) in [5.41, 5.74) is 13.2. The summed E-state index contributed by atoms with van der Waals surface area (Å²) >= 11 is 0. The van der Waals surface area contributed by atoms with E-state index in [1.807, 2.05) is 146 Å². The van der Waals surface area contributed by atoms with Crippen molar-refractivity contribution in [1.82, 2.24) is 19.9 Å².